The molecule has 2 amide bonds. The van der Waals surface area contributed by atoms with Gasteiger partial charge in [0, 0.05) is 25.2 Å². The minimum atomic E-state index is -0.191. The van der Waals surface area contributed by atoms with Crippen molar-refractivity contribution in [3.63, 3.8) is 0 Å². The van der Waals surface area contributed by atoms with Crippen molar-refractivity contribution in [2.24, 2.45) is 11.8 Å². The van der Waals surface area contributed by atoms with Gasteiger partial charge in [-0.15, -0.1) is 11.3 Å². The van der Waals surface area contributed by atoms with Gasteiger partial charge in [0.25, 0.3) is 0 Å². The SMILES string of the molecule is CC(=O)N1CCc2ccccc2[C@@H]1CC(=O)N(C)[C@H](c1csc2ccccc12)[C@H]1C[C@@H]1C. The Hall–Kier alpha value is -2.66. The Morgan fingerprint density at radius 1 is 1.16 bits per heavy atom. The van der Waals surface area contributed by atoms with Crippen molar-refractivity contribution in [2.75, 3.05) is 13.6 Å². The molecule has 2 heterocycles. The molecule has 0 saturated heterocycles. The molecule has 32 heavy (non-hydrogen) atoms. The third-order valence-electron chi connectivity index (χ3n) is 7.40. The highest BCUT2D eigenvalue weighted by molar-refractivity contribution is 7.17. The topological polar surface area (TPSA) is 40.6 Å². The van der Waals surface area contributed by atoms with Gasteiger partial charge in [0.2, 0.25) is 11.8 Å². The lowest BCUT2D eigenvalue weighted by molar-refractivity contribution is -0.137. The number of carbonyl (C=O) groups is 2. The summed E-state index contributed by atoms with van der Waals surface area (Å²) in [7, 11) is 1.96. The number of thiophene rings is 1. The molecule has 5 heteroatoms. The van der Waals surface area contributed by atoms with Crippen LogP contribution in [0.4, 0.5) is 0 Å². The molecule has 166 valence electrons. The van der Waals surface area contributed by atoms with Crippen LogP contribution in [0.15, 0.2) is 53.9 Å². The molecule has 2 aromatic carbocycles. The quantitative estimate of drug-likeness (QED) is 0.512. The van der Waals surface area contributed by atoms with Crippen LogP contribution < -0.4 is 0 Å². The van der Waals surface area contributed by atoms with Crippen molar-refractivity contribution in [1.82, 2.24) is 9.80 Å². The van der Waals surface area contributed by atoms with E-state index in [1.807, 2.05) is 29.0 Å². The van der Waals surface area contributed by atoms with Crippen LogP contribution in [0.5, 0.6) is 0 Å². The van der Waals surface area contributed by atoms with E-state index >= 15 is 0 Å². The summed E-state index contributed by atoms with van der Waals surface area (Å²) in [5.41, 5.74) is 3.64. The lowest BCUT2D eigenvalue weighted by atomic mass is 9.90. The van der Waals surface area contributed by atoms with E-state index in [0.29, 0.717) is 24.8 Å². The van der Waals surface area contributed by atoms with Crippen molar-refractivity contribution < 1.29 is 9.59 Å². The molecule has 0 spiro atoms. The monoisotopic (exact) mass is 446 g/mol. The van der Waals surface area contributed by atoms with E-state index in [1.54, 1.807) is 18.3 Å². The number of nitrogens with zero attached hydrogens (tertiary/aromatic N) is 2. The standard InChI is InChI=1S/C27H30N2O2S/c1-17-14-22(17)27(23-16-32-25-11-7-6-10-21(23)25)28(3)26(31)15-24-20-9-5-4-8-19(20)12-13-29(24)18(2)30/h4-11,16-17,22,24,27H,12-15H2,1-3H3/t17-,22-,24-,27-/m0/s1. The molecule has 0 bridgehead atoms. The normalized spacial score (nSPS) is 23.0. The Labute approximate surface area is 193 Å². The average molecular weight is 447 g/mol. The lowest BCUT2D eigenvalue weighted by Crippen LogP contribution is -2.42. The molecule has 1 aromatic heterocycles. The molecular weight excluding hydrogens is 416 g/mol. The fraction of sp³-hybridized carbons (Fsp3) is 0.407. The number of rotatable bonds is 5. The molecular formula is C27H30N2O2S. The minimum Gasteiger partial charge on any atom is -0.338 e. The fourth-order valence-corrected chi connectivity index (χ4v) is 6.45. The van der Waals surface area contributed by atoms with E-state index < -0.39 is 0 Å². The maximum absolute atomic E-state index is 13.7. The van der Waals surface area contributed by atoms with E-state index in [-0.39, 0.29) is 23.9 Å². The van der Waals surface area contributed by atoms with Gasteiger partial charge < -0.3 is 9.80 Å². The molecule has 1 aliphatic carbocycles. The van der Waals surface area contributed by atoms with Crippen LogP contribution in [0.1, 0.15) is 55.5 Å². The van der Waals surface area contributed by atoms with Crippen LogP contribution in [0.2, 0.25) is 0 Å². The predicted octanol–water partition coefficient (Wildman–Crippen LogP) is 5.59. The van der Waals surface area contributed by atoms with Gasteiger partial charge in [-0.1, -0.05) is 49.4 Å². The first-order chi connectivity index (χ1) is 15.5. The lowest BCUT2D eigenvalue weighted by Gasteiger charge is -2.38. The Morgan fingerprint density at radius 3 is 2.62 bits per heavy atom. The van der Waals surface area contributed by atoms with Crippen molar-refractivity contribution >= 4 is 33.2 Å². The second-order valence-corrected chi connectivity index (χ2v) is 10.3. The van der Waals surface area contributed by atoms with E-state index in [9.17, 15) is 9.59 Å². The highest BCUT2D eigenvalue weighted by atomic mass is 32.1. The minimum absolute atomic E-state index is 0.0381. The summed E-state index contributed by atoms with van der Waals surface area (Å²) in [5.74, 6) is 1.26. The molecule has 1 fully saturated rings. The predicted molar refractivity (Wildman–Crippen MR) is 129 cm³/mol. The van der Waals surface area contributed by atoms with Crippen LogP contribution in [-0.4, -0.2) is 35.2 Å². The first-order valence-corrected chi connectivity index (χ1v) is 12.4. The second-order valence-electron chi connectivity index (χ2n) is 9.39. The molecule has 0 unspecified atom stereocenters. The van der Waals surface area contributed by atoms with Crippen molar-refractivity contribution in [2.45, 2.75) is 45.2 Å². The van der Waals surface area contributed by atoms with Crippen LogP contribution >= 0.6 is 11.3 Å². The van der Waals surface area contributed by atoms with Gasteiger partial charge in [0.15, 0.2) is 0 Å². The average Bonchev–Trinajstić information content (AvgIpc) is 3.36. The summed E-state index contributed by atoms with van der Waals surface area (Å²) in [6.07, 6.45) is 2.32. The zero-order chi connectivity index (χ0) is 22.4. The molecule has 1 aliphatic heterocycles. The van der Waals surface area contributed by atoms with Crippen LogP contribution in [0, 0.1) is 11.8 Å². The summed E-state index contributed by atoms with van der Waals surface area (Å²) >= 11 is 1.76. The maximum Gasteiger partial charge on any atom is 0.225 e. The summed E-state index contributed by atoms with van der Waals surface area (Å²) in [6.45, 7) is 4.56. The van der Waals surface area contributed by atoms with Crippen LogP contribution in [0.25, 0.3) is 10.1 Å². The van der Waals surface area contributed by atoms with E-state index in [4.69, 9.17) is 0 Å². The van der Waals surface area contributed by atoms with Crippen LogP contribution in [0.3, 0.4) is 0 Å². The fourth-order valence-electron chi connectivity index (χ4n) is 5.46. The number of carbonyl (C=O) groups excluding carboxylic acids is 2. The summed E-state index contributed by atoms with van der Waals surface area (Å²) in [5, 5.41) is 3.50. The van der Waals surface area contributed by atoms with Gasteiger partial charge in [0.05, 0.1) is 18.5 Å². The van der Waals surface area contributed by atoms with Gasteiger partial charge in [0.1, 0.15) is 0 Å². The van der Waals surface area contributed by atoms with Gasteiger partial charge >= 0.3 is 0 Å². The van der Waals surface area contributed by atoms with Gasteiger partial charge in [-0.3, -0.25) is 9.59 Å². The summed E-state index contributed by atoms with van der Waals surface area (Å²) in [4.78, 5) is 29.9. The van der Waals surface area contributed by atoms with E-state index in [2.05, 4.69) is 48.7 Å². The highest BCUT2D eigenvalue weighted by Crippen LogP contribution is 2.51. The van der Waals surface area contributed by atoms with E-state index in [1.165, 1.54) is 21.2 Å². The first-order valence-electron chi connectivity index (χ1n) is 11.5. The Bertz CT molecular complexity index is 1170. The number of amides is 2. The molecule has 4 nitrogen and oxygen atoms in total. The summed E-state index contributed by atoms with van der Waals surface area (Å²) < 4.78 is 1.27. The molecule has 0 radical (unpaired) electrons. The molecule has 1 saturated carbocycles. The molecule has 5 rings (SSSR count). The third kappa shape index (κ3) is 3.73. The van der Waals surface area contributed by atoms with Gasteiger partial charge in [-0.2, -0.15) is 0 Å². The van der Waals surface area contributed by atoms with Crippen molar-refractivity contribution in [1.29, 1.82) is 0 Å². The number of hydrogen-bond acceptors (Lipinski definition) is 3. The Balaban J connectivity index is 1.45. The van der Waals surface area contributed by atoms with Crippen molar-refractivity contribution in [3.8, 4) is 0 Å². The second kappa shape index (κ2) is 8.36. The zero-order valence-corrected chi connectivity index (χ0v) is 19.8. The molecule has 3 aromatic rings. The molecule has 0 N–H and O–H groups in total. The summed E-state index contributed by atoms with van der Waals surface area (Å²) in [6, 6.07) is 16.6. The number of hydrogen-bond donors (Lipinski definition) is 0. The zero-order valence-electron chi connectivity index (χ0n) is 19.0. The number of benzene rings is 2. The maximum atomic E-state index is 13.7. The first kappa shape index (κ1) is 21.2. The Morgan fingerprint density at radius 2 is 1.88 bits per heavy atom. The Kier molecular flexibility index (Phi) is 5.54. The largest absolute Gasteiger partial charge is 0.338 e. The van der Waals surface area contributed by atoms with Crippen molar-refractivity contribution in [3.05, 3.63) is 70.6 Å². The van der Waals surface area contributed by atoms with Gasteiger partial charge in [-0.05, 0) is 58.2 Å². The van der Waals surface area contributed by atoms with Crippen LogP contribution in [-0.2, 0) is 16.0 Å². The highest BCUT2D eigenvalue weighted by Gasteiger charge is 2.44. The smallest absolute Gasteiger partial charge is 0.225 e. The van der Waals surface area contributed by atoms with Gasteiger partial charge in [-0.25, -0.2) is 0 Å². The molecule has 4 atom stereocenters. The number of fused-ring (bicyclic) bond motifs is 2. The van der Waals surface area contributed by atoms with E-state index in [0.717, 1.165) is 18.4 Å². The third-order valence-corrected chi connectivity index (χ3v) is 8.38. The molecule has 2 aliphatic rings.